The fraction of sp³-hybridized carbons (Fsp3) is 0.684. The summed E-state index contributed by atoms with van der Waals surface area (Å²) in [4.78, 5) is 2.53. The molecule has 1 aromatic rings. The second-order valence-corrected chi connectivity index (χ2v) is 6.83. The van der Waals surface area contributed by atoms with Crippen molar-refractivity contribution in [1.29, 1.82) is 0 Å². The topological polar surface area (TPSA) is 32.7 Å². The standard InChI is InChI=1S/C19H29NO2/c21-18-8-4-16(5-9-18)17-6-10-19(11-7-17)22-15-3-14-20-12-1-2-13-20/h6-7,10-11,16,18,21H,1-5,8-9,12-15H2/t16-,18-. The number of ether oxygens (including phenoxy) is 1. The van der Waals surface area contributed by atoms with E-state index in [4.69, 9.17) is 4.74 Å². The van der Waals surface area contributed by atoms with Gasteiger partial charge in [-0.25, -0.2) is 0 Å². The lowest BCUT2D eigenvalue weighted by molar-refractivity contribution is 0.122. The summed E-state index contributed by atoms with van der Waals surface area (Å²) < 4.78 is 5.86. The number of aliphatic hydroxyl groups is 1. The minimum absolute atomic E-state index is 0.0746. The molecule has 0 spiro atoms. The van der Waals surface area contributed by atoms with E-state index in [1.807, 2.05) is 0 Å². The number of rotatable bonds is 6. The third-order valence-electron chi connectivity index (χ3n) is 5.13. The minimum atomic E-state index is -0.0746. The zero-order chi connectivity index (χ0) is 15.2. The van der Waals surface area contributed by atoms with E-state index < -0.39 is 0 Å². The molecule has 1 saturated carbocycles. The van der Waals surface area contributed by atoms with E-state index in [1.54, 1.807) is 0 Å². The van der Waals surface area contributed by atoms with Crippen LogP contribution in [0.3, 0.4) is 0 Å². The van der Waals surface area contributed by atoms with Crippen molar-refractivity contribution in [3.05, 3.63) is 29.8 Å². The molecule has 3 heteroatoms. The highest BCUT2D eigenvalue weighted by Gasteiger charge is 2.20. The Bertz CT molecular complexity index is 431. The molecule has 22 heavy (non-hydrogen) atoms. The molecule has 0 radical (unpaired) electrons. The summed E-state index contributed by atoms with van der Waals surface area (Å²) in [5.74, 6) is 1.61. The van der Waals surface area contributed by atoms with Gasteiger partial charge in [-0.3, -0.25) is 0 Å². The van der Waals surface area contributed by atoms with E-state index in [0.717, 1.165) is 44.5 Å². The summed E-state index contributed by atoms with van der Waals surface area (Å²) >= 11 is 0. The minimum Gasteiger partial charge on any atom is -0.494 e. The molecule has 1 heterocycles. The van der Waals surface area contributed by atoms with Gasteiger partial charge in [-0.2, -0.15) is 0 Å². The van der Waals surface area contributed by atoms with E-state index in [0.29, 0.717) is 5.92 Å². The van der Waals surface area contributed by atoms with Gasteiger partial charge in [0, 0.05) is 6.54 Å². The summed E-state index contributed by atoms with van der Waals surface area (Å²) in [6.45, 7) is 4.52. The molecule has 1 aromatic carbocycles. The van der Waals surface area contributed by atoms with Crippen molar-refractivity contribution in [1.82, 2.24) is 4.90 Å². The van der Waals surface area contributed by atoms with Crippen molar-refractivity contribution < 1.29 is 9.84 Å². The molecule has 2 aliphatic rings. The van der Waals surface area contributed by atoms with Gasteiger partial charge in [0.15, 0.2) is 0 Å². The van der Waals surface area contributed by atoms with Crippen LogP contribution in [0.4, 0.5) is 0 Å². The van der Waals surface area contributed by atoms with Crippen molar-refractivity contribution in [2.24, 2.45) is 0 Å². The Morgan fingerprint density at radius 2 is 1.68 bits per heavy atom. The first kappa shape index (κ1) is 15.8. The highest BCUT2D eigenvalue weighted by Crippen LogP contribution is 2.33. The molecule has 0 aromatic heterocycles. The first-order valence-corrected chi connectivity index (χ1v) is 8.94. The normalized spacial score (nSPS) is 26.2. The quantitative estimate of drug-likeness (QED) is 0.816. The maximum absolute atomic E-state index is 9.59. The molecule has 122 valence electrons. The van der Waals surface area contributed by atoms with Crippen LogP contribution in [0.1, 0.15) is 56.4 Å². The van der Waals surface area contributed by atoms with Crippen molar-refractivity contribution in [2.75, 3.05) is 26.2 Å². The Morgan fingerprint density at radius 3 is 2.36 bits per heavy atom. The van der Waals surface area contributed by atoms with Gasteiger partial charge >= 0.3 is 0 Å². The maximum atomic E-state index is 9.59. The van der Waals surface area contributed by atoms with Crippen LogP contribution in [0, 0.1) is 0 Å². The van der Waals surface area contributed by atoms with Crippen molar-refractivity contribution >= 4 is 0 Å². The van der Waals surface area contributed by atoms with Gasteiger partial charge in [0.25, 0.3) is 0 Å². The molecule has 0 amide bonds. The van der Waals surface area contributed by atoms with Crippen LogP contribution >= 0.6 is 0 Å². The van der Waals surface area contributed by atoms with Crippen LogP contribution in [-0.4, -0.2) is 42.4 Å². The molecule has 1 N–H and O–H groups in total. The molecule has 0 atom stereocenters. The lowest BCUT2D eigenvalue weighted by Gasteiger charge is -2.25. The molecule has 1 aliphatic heterocycles. The van der Waals surface area contributed by atoms with Crippen molar-refractivity contribution in [2.45, 2.75) is 57.0 Å². The maximum Gasteiger partial charge on any atom is 0.119 e. The average Bonchev–Trinajstić information content (AvgIpc) is 3.06. The van der Waals surface area contributed by atoms with E-state index in [1.165, 1.54) is 38.0 Å². The predicted molar refractivity (Wildman–Crippen MR) is 89.4 cm³/mol. The van der Waals surface area contributed by atoms with Crippen LogP contribution in [0.5, 0.6) is 5.75 Å². The van der Waals surface area contributed by atoms with Crippen LogP contribution < -0.4 is 4.74 Å². The van der Waals surface area contributed by atoms with Crippen LogP contribution in [-0.2, 0) is 0 Å². The molecule has 0 bridgehead atoms. The molecule has 0 unspecified atom stereocenters. The van der Waals surface area contributed by atoms with Crippen molar-refractivity contribution in [3.8, 4) is 5.75 Å². The lowest BCUT2D eigenvalue weighted by atomic mass is 9.83. The van der Waals surface area contributed by atoms with Gasteiger partial charge in [-0.1, -0.05) is 12.1 Å². The molecule has 1 aliphatic carbocycles. The smallest absolute Gasteiger partial charge is 0.119 e. The third-order valence-corrected chi connectivity index (χ3v) is 5.13. The van der Waals surface area contributed by atoms with E-state index >= 15 is 0 Å². The summed E-state index contributed by atoms with van der Waals surface area (Å²) in [5, 5.41) is 9.59. The Morgan fingerprint density at radius 1 is 1.00 bits per heavy atom. The Labute approximate surface area is 134 Å². The fourth-order valence-corrected chi connectivity index (χ4v) is 3.73. The van der Waals surface area contributed by atoms with E-state index in [-0.39, 0.29) is 6.10 Å². The SMILES string of the molecule is O[C@H]1CC[C@H](c2ccc(OCCCN3CCCC3)cc2)CC1. The van der Waals surface area contributed by atoms with Gasteiger partial charge in [-0.05, 0) is 81.6 Å². The number of aliphatic hydroxyl groups excluding tert-OH is 1. The van der Waals surface area contributed by atoms with E-state index in [2.05, 4.69) is 29.2 Å². The number of benzene rings is 1. The summed E-state index contributed by atoms with van der Waals surface area (Å²) in [7, 11) is 0. The number of nitrogens with zero attached hydrogens (tertiary/aromatic N) is 1. The molecule has 1 saturated heterocycles. The van der Waals surface area contributed by atoms with E-state index in [9.17, 15) is 5.11 Å². The zero-order valence-electron chi connectivity index (χ0n) is 13.5. The number of hydrogen-bond donors (Lipinski definition) is 1. The molecule has 3 rings (SSSR count). The average molecular weight is 303 g/mol. The highest BCUT2D eigenvalue weighted by atomic mass is 16.5. The Balaban J connectivity index is 1.39. The van der Waals surface area contributed by atoms with Crippen molar-refractivity contribution in [3.63, 3.8) is 0 Å². The first-order chi connectivity index (χ1) is 10.8. The van der Waals surface area contributed by atoms with Gasteiger partial charge in [0.2, 0.25) is 0 Å². The Kier molecular flexibility index (Phi) is 5.74. The largest absolute Gasteiger partial charge is 0.494 e. The molecule has 2 fully saturated rings. The summed E-state index contributed by atoms with van der Waals surface area (Å²) in [6, 6.07) is 8.63. The fourth-order valence-electron chi connectivity index (χ4n) is 3.73. The van der Waals surface area contributed by atoms with Gasteiger partial charge < -0.3 is 14.7 Å². The predicted octanol–water partition coefficient (Wildman–Crippen LogP) is 3.57. The van der Waals surface area contributed by atoms with Gasteiger partial charge in [0.05, 0.1) is 12.7 Å². The monoisotopic (exact) mass is 303 g/mol. The number of likely N-dealkylation sites (tertiary alicyclic amines) is 1. The molecular weight excluding hydrogens is 274 g/mol. The van der Waals surface area contributed by atoms with Gasteiger partial charge in [0.1, 0.15) is 5.75 Å². The lowest BCUT2D eigenvalue weighted by Crippen LogP contribution is -2.21. The summed E-state index contributed by atoms with van der Waals surface area (Å²) in [5.41, 5.74) is 1.40. The second-order valence-electron chi connectivity index (χ2n) is 6.83. The van der Waals surface area contributed by atoms with Crippen LogP contribution in [0.15, 0.2) is 24.3 Å². The Hall–Kier alpha value is -1.06. The molecule has 3 nitrogen and oxygen atoms in total. The van der Waals surface area contributed by atoms with Crippen LogP contribution in [0.25, 0.3) is 0 Å². The first-order valence-electron chi connectivity index (χ1n) is 8.94. The molecular formula is C19H29NO2. The number of hydrogen-bond acceptors (Lipinski definition) is 3. The van der Waals surface area contributed by atoms with Crippen LogP contribution in [0.2, 0.25) is 0 Å². The second kappa shape index (κ2) is 7.98. The third kappa shape index (κ3) is 4.47. The van der Waals surface area contributed by atoms with Gasteiger partial charge in [-0.15, -0.1) is 0 Å². The zero-order valence-corrected chi connectivity index (χ0v) is 13.5. The highest BCUT2D eigenvalue weighted by molar-refractivity contribution is 5.29. The summed E-state index contributed by atoms with van der Waals surface area (Å²) in [6.07, 6.45) is 7.87.